The summed E-state index contributed by atoms with van der Waals surface area (Å²) in [7, 11) is 0. The topological polar surface area (TPSA) is 64.7 Å². The molecule has 0 bridgehead atoms. The van der Waals surface area contributed by atoms with Crippen LogP contribution in [0.15, 0.2) is 42.5 Å². The number of aliphatic hydroxyl groups is 1. The van der Waals surface area contributed by atoms with E-state index < -0.39 is 23.6 Å². The minimum atomic E-state index is -4.80. The van der Waals surface area contributed by atoms with Gasteiger partial charge in [-0.1, -0.05) is 18.2 Å². The Morgan fingerprint density at radius 1 is 0.938 bits per heavy atom. The van der Waals surface area contributed by atoms with Gasteiger partial charge in [0, 0.05) is 5.54 Å². The number of alkyl halides is 6. The maximum absolute atomic E-state index is 13.5. The Balaban J connectivity index is 1.98. The molecule has 0 heterocycles. The van der Waals surface area contributed by atoms with Crippen LogP contribution in [0.1, 0.15) is 36.5 Å². The van der Waals surface area contributed by atoms with Gasteiger partial charge in [-0.25, -0.2) is 0 Å². The second-order valence-corrected chi connectivity index (χ2v) is 7.79. The van der Waals surface area contributed by atoms with Crippen LogP contribution >= 0.6 is 0 Å². The number of hydrogen-bond acceptors (Lipinski definition) is 4. The van der Waals surface area contributed by atoms with Crippen LogP contribution in [-0.4, -0.2) is 30.2 Å². The van der Waals surface area contributed by atoms with Crippen molar-refractivity contribution in [2.24, 2.45) is 5.73 Å². The van der Waals surface area contributed by atoms with Crippen molar-refractivity contribution in [1.82, 2.24) is 0 Å². The van der Waals surface area contributed by atoms with E-state index in [0.29, 0.717) is 24.0 Å². The van der Waals surface area contributed by atoms with Crippen molar-refractivity contribution < 1.29 is 40.9 Å². The number of benzene rings is 2. The molecule has 1 unspecified atom stereocenters. The zero-order chi connectivity index (χ0) is 24.0. The zero-order valence-corrected chi connectivity index (χ0v) is 17.4. The standard InChI is InChI=1S/C22H25F6NO3/c1-20(29,14-30)10-9-16-7-8-19(18(13-16)21(23,24)25)31-11-3-5-15-4-2-6-17(12-15)32-22(26,27)28/h2,4,6-8,12-13,30H,3,5,9-11,14,29H2,1H3. The van der Waals surface area contributed by atoms with Crippen LogP contribution in [0.2, 0.25) is 0 Å². The van der Waals surface area contributed by atoms with Gasteiger partial charge in [-0.15, -0.1) is 13.2 Å². The quantitative estimate of drug-likeness (QED) is 0.371. The molecule has 2 aromatic carbocycles. The number of halogens is 6. The number of nitrogens with two attached hydrogens (primary N) is 1. The van der Waals surface area contributed by atoms with Crippen LogP contribution < -0.4 is 15.2 Å². The lowest BCUT2D eigenvalue weighted by atomic mass is 9.94. The van der Waals surface area contributed by atoms with E-state index in [0.717, 1.165) is 6.07 Å². The molecule has 0 aliphatic carbocycles. The van der Waals surface area contributed by atoms with Crippen LogP contribution in [0.4, 0.5) is 26.3 Å². The summed E-state index contributed by atoms with van der Waals surface area (Å²) in [4.78, 5) is 0. The van der Waals surface area contributed by atoms with E-state index in [1.807, 2.05) is 0 Å². The average molecular weight is 465 g/mol. The summed E-state index contributed by atoms with van der Waals surface area (Å²) in [6.07, 6.45) is -8.28. The number of aliphatic hydroxyl groups excluding tert-OH is 1. The average Bonchev–Trinajstić information content (AvgIpc) is 2.68. The smallest absolute Gasteiger partial charge is 0.493 e. The fourth-order valence-electron chi connectivity index (χ4n) is 2.95. The highest BCUT2D eigenvalue weighted by molar-refractivity contribution is 5.39. The van der Waals surface area contributed by atoms with Gasteiger partial charge in [0.15, 0.2) is 0 Å². The molecule has 0 spiro atoms. The minimum Gasteiger partial charge on any atom is -0.493 e. The Morgan fingerprint density at radius 2 is 1.62 bits per heavy atom. The van der Waals surface area contributed by atoms with Crippen molar-refractivity contribution in [3.05, 3.63) is 59.2 Å². The van der Waals surface area contributed by atoms with E-state index in [9.17, 15) is 31.4 Å². The molecule has 2 rings (SSSR count). The highest BCUT2D eigenvalue weighted by Gasteiger charge is 2.35. The largest absolute Gasteiger partial charge is 0.573 e. The van der Waals surface area contributed by atoms with Crippen molar-refractivity contribution in [2.75, 3.05) is 13.2 Å². The van der Waals surface area contributed by atoms with E-state index in [1.54, 1.807) is 13.0 Å². The molecule has 4 nitrogen and oxygen atoms in total. The Labute approximate surface area is 181 Å². The van der Waals surface area contributed by atoms with Crippen LogP contribution in [0.3, 0.4) is 0 Å². The Kier molecular flexibility index (Phi) is 8.41. The molecule has 1 atom stereocenters. The van der Waals surface area contributed by atoms with Gasteiger partial charge in [-0.2, -0.15) is 13.2 Å². The van der Waals surface area contributed by atoms with Crippen LogP contribution in [0.25, 0.3) is 0 Å². The fourth-order valence-corrected chi connectivity index (χ4v) is 2.95. The van der Waals surface area contributed by atoms with Crippen molar-refractivity contribution >= 4 is 0 Å². The summed E-state index contributed by atoms with van der Waals surface area (Å²) in [5, 5.41) is 9.19. The SMILES string of the molecule is CC(N)(CO)CCc1ccc(OCCCc2cccc(OC(F)(F)F)c2)c(C(F)(F)F)c1. The number of aryl methyl sites for hydroxylation is 2. The van der Waals surface area contributed by atoms with Crippen LogP contribution in [-0.2, 0) is 19.0 Å². The number of ether oxygens (including phenoxy) is 2. The maximum atomic E-state index is 13.5. The van der Waals surface area contributed by atoms with Gasteiger partial charge in [0.25, 0.3) is 0 Å². The Hall–Kier alpha value is -2.46. The predicted octanol–water partition coefficient (Wildman–Crippen LogP) is 5.26. The summed E-state index contributed by atoms with van der Waals surface area (Å²) in [5.41, 5.74) is 4.97. The highest BCUT2D eigenvalue weighted by Crippen LogP contribution is 2.37. The van der Waals surface area contributed by atoms with Gasteiger partial charge >= 0.3 is 12.5 Å². The monoisotopic (exact) mass is 465 g/mol. The Bertz CT molecular complexity index is 881. The molecule has 0 aromatic heterocycles. The molecule has 0 saturated heterocycles. The minimum absolute atomic E-state index is 0.0574. The molecular formula is C22H25F6NO3. The molecule has 2 aromatic rings. The van der Waals surface area contributed by atoms with Crippen LogP contribution in [0, 0.1) is 0 Å². The highest BCUT2D eigenvalue weighted by atomic mass is 19.4. The lowest BCUT2D eigenvalue weighted by molar-refractivity contribution is -0.274. The third-order valence-electron chi connectivity index (χ3n) is 4.69. The van der Waals surface area contributed by atoms with Gasteiger partial charge < -0.3 is 20.3 Å². The summed E-state index contributed by atoms with van der Waals surface area (Å²) >= 11 is 0. The zero-order valence-electron chi connectivity index (χ0n) is 17.4. The predicted molar refractivity (Wildman–Crippen MR) is 106 cm³/mol. The third-order valence-corrected chi connectivity index (χ3v) is 4.69. The number of hydrogen-bond donors (Lipinski definition) is 2. The summed E-state index contributed by atoms with van der Waals surface area (Å²) in [6.45, 7) is 1.27. The molecule has 3 N–H and O–H groups in total. The molecule has 0 fully saturated rings. The van der Waals surface area contributed by atoms with E-state index in [1.165, 1.54) is 30.3 Å². The van der Waals surface area contributed by atoms with Crippen LogP contribution in [0.5, 0.6) is 11.5 Å². The number of rotatable bonds is 10. The summed E-state index contributed by atoms with van der Waals surface area (Å²) in [6, 6.07) is 9.14. The molecule has 0 aliphatic rings. The van der Waals surface area contributed by atoms with E-state index in [2.05, 4.69) is 4.74 Å². The fraction of sp³-hybridized carbons (Fsp3) is 0.455. The molecule has 0 amide bonds. The van der Waals surface area contributed by atoms with E-state index >= 15 is 0 Å². The van der Waals surface area contributed by atoms with Crippen molar-refractivity contribution in [3.8, 4) is 11.5 Å². The van der Waals surface area contributed by atoms with Crippen molar-refractivity contribution in [2.45, 2.75) is 50.7 Å². The lowest BCUT2D eigenvalue weighted by Crippen LogP contribution is -2.40. The second kappa shape index (κ2) is 10.4. The first-order valence-corrected chi connectivity index (χ1v) is 9.86. The molecular weight excluding hydrogens is 440 g/mol. The third kappa shape index (κ3) is 8.58. The summed E-state index contributed by atoms with van der Waals surface area (Å²) < 4.78 is 86.5. The first-order valence-electron chi connectivity index (χ1n) is 9.86. The lowest BCUT2D eigenvalue weighted by Gasteiger charge is -2.22. The van der Waals surface area contributed by atoms with Gasteiger partial charge in [0.2, 0.25) is 0 Å². The first kappa shape index (κ1) is 25.8. The first-order chi connectivity index (χ1) is 14.8. The van der Waals surface area contributed by atoms with Crippen molar-refractivity contribution in [3.63, 3.8) is 0 Å². The summed E-state index contributed by atoms with van der Waals surface area (Å²) in [5.74, 6) is -0.686. The molecule has 178 valence electrons. The second-order valence-electron chi connectivity index (χ2n) is 7.79. The molecule has 0 saturated carbocycles. The van der Waals surface area contributed by atoms with E-state index in [4.69, 9.17) is 10.5 Å². The van der Waals surface area contributed by atoms with E-state index in [-0.39, 0.29) is 37.6 Å². The molecule has 32 heavy (non-hydrogen) atoms. The van der Waals surface area contributed by atoms with Gasteiger partial charge in [-0.3, -0.25) is 0 Å². The molecule has 10 heteroatoms. The maximum Gasteiger partial charge on any atom is 0.573 e. The van der Waals surface area contributed by atoms with Gasteiger partial charge in [0.1, 0.15) is 11.5 Å². The molecule has 0 aliphatic heterocycles. The Morgan fingerprint density at radius 3 is 2.25 bits per heavy atom. The van der Waals surface area contributed by atoms with Gasteiger partial charge in [-0.05, 0) is 68.0 Å². The molecule has 0 radical (unpaired) electrons. The van der Waals surface area contributed by atoms with Crippen molar-refractivity contribution in [1.29, 1.82) is 0 Å². The van der Waals surface area contributed by atoms with Gasteiger partial charge in [0.05, 0.1) is 18.8 Å². The normalized spacial score (nSPS) is 14.2.